The van der Waals surface area contributed by atoms with Crippen LogP contribution < -0.4 is 5.32 Å². The van der Waals surface area contributed by atoms with Crippen molar-refractivity contribution in [1.29, 1.82) is 0 Å². The van der Waals surface area contributed by atoms with E-state index in [1.165, 1.54) is 0 Å². The number of halogens is 1. The van der Waals surface area contributed by atoms with Gasteiger partial charge < -0.3 is 5.32 Å². The molecule has 0 saturated heterocycles. The van der Waals surface area contributed by atoms with Gasteiger partial charge in [-0.15, -0.1) is 0 Å². The minimum absolute atomic E-state index is 0.120. The third-order valence-corrected chi connectivity index (χ3v) is 2.46. The Labute approximate surface area is 92.7 Å². The molecule has 0 aliphatic carbocycles. The standard InChI is InChI=1S/C10H11ClN4/c1-7(9-3-5-13-15-9)14-10-6-12-4-2-8(10)11/h2-7,14H,1H3,(H,13,15). The highest BCUT2D eigenvalue weighted by atomic mass is 35.5. The lowest BCUT2D eigenvalue weighted by atomic mass is 10.2. The van der Waals surface area contributed by atoms with E-state index >= 15 is 0 Å². The SMILES string of the molecule is CC(Nc1cnccc1Cl)c1ccn[nH]1. The van der Waals surface area contributed by atoms with Gasteiger partial charge in [0.15, 0.2) is 0 Å². The fourth-order valence-corrected chi connectivity index (χ4v) is 1.46. The molecule has 1 unspecified atom stereocenters. The van der Waals surface area contributed by atoms with Gasteiger partial charge in [-0.25, -0.2) is 0 Å². The highest BCUT2D eigenvalue weighted by molar-refractivity contribution is 6.33. The molecule has 5 heteroatoms. The minimum atomic E-state index is 0.120. The van der Waals surface area contributed by atoms with Gasteiger partial charge in [0, 0.05) is 12.4 Å². The molecule has 2 rings (SSSR count). The van der Waals surface area contributed by atoms with Gasteiger partial charge in [-0.3, -0.25) is 10.1 Å². The number of nitrogens with one attached hydrogen (secondary N) is 2. The van der Waals surface area contributed by atoms with Gasteiger partial charge in [0.2, 0.25) is 0 Å². The molecule has 0 spiro atoms. The molecule has 0 fully saturated rings. The van der Waals surface area contributed by atoms with Gasteiger partial charge in [-0.05, 0) is 19.1 Å². The fourth-order valence-electron chi connectivity index (χ4n) is 1.30. The van der Waals surface area contributed by atoms with E-state index in [-0.39, 0.29) is 6.04 Å². The Balaban J connectivity index is 2.13. The van der Waals surface area contributed by atoms with Crippen LogP contribution in [0.4, 0.5) is 5.69 Å². The molecule has 1 atom stereocenters. The average Bonchev–Trinajstić information content (AvgIpc) is 2.74. The van der Waals surface area contributed by atoms with E-state index in [1.807, 2.05) is 13.0 Å². The zero-order chi connectivity index (χ0) is 10.7. The first-order valence-electron chi connectivity index (χ1n) is 4.62. The molecule has 15 heavy (non-hydrogen) atoms. The molecule has 0 saturated carbocycles. The summed E-state index contributed by atoms with van der Waals surface area (Å²) in [6, 6.07) is 3.79. The molecule has 2 aromatic rings. The lowest BCUT2D eigenvalue weighted by Gasteiger charge is -2.13. The first kappa shape index (κ1) is 9.98. The van der Waals surface area contributed by atoms with E-state index in [0.717, 1.165) is 11.4 Å². The maximum Gasteiger partial charge on any atom is 0.0721 e. The summed E-state index contributed by atoms with van der Waals surface area (Å²) in [5.74, 6) is 0. The van der Waals surface area contributed by atoms with Crippen LogP contribution in [-0.2, 0) is 0 Å². The zero-order valence-corrected chi connectivity index (χ0v) is 8.99. The number of hydrogen-bond acceptors (Lipinski definition) is 3. The first-order valence-corrected chi connectivity index (χ1v) is 5.00. The van der Waals surface area contributed by atoms with Gasteiger partial charge in [0.1, 0.15) is 0 Å². The fraction of sp³-hybridized carbons (Fsp3) is 0.200. The largest absolute Gasteiger partial charge is 0.375 e. The molecule has 2 N–H and O–H groups in total. The van der Waals surface area contributed by atoms with E-state index in [0.29, 0.717) is 5.02 Å². The smallest absolute Gasteiger partial charge is 0.0721 e. The Morgan fingerprint density at radius 2 is 2.27 bits per heavy atom. The maximum absolute atomic E-state index is 6.00. The van der Waals surface area contributed by atoms with Crippen LogP contribution >= 0.6 is 11.6 Å². The summed E-state index contributed by atoms with van der Waals surface area (Å²) in [5, 5.41) is 10.7. The average molecular weight is 223 g/mol. The van der Waals surface area contributed by atoms with Crippen molar-refractivity contribution in [3.63, 3.8) is 0 Å². The molecule has 0 aliphatic heterocycles. The summed E-state index contributed by atoms with van der Waals surface area (Å²) < 4.78 is 0. The highest BCUT2D eigenvalue weighted by Crippen LogP contribution is 2.23. The Kier molecular flexibility index (Phi) is 2.87. The van der Waals surface area contributed by atoms with Gasteiger partial charge in [0.25, 0.3) is 0 Å². The van der Waals surface area contributed by atoms with Crippen LogP contribution in [0.25, 0.3) is 0 Å². The molecule has 4 nitrogen and oxygen atoms in total. The van der Waals surface area contributed by atoms with Crippen LogP contribution in [-0.4, -0.2) is 15.2 Å². The number of pyridine rings is 1. The molecular formula is C10H11ClN4. The predicted octanol–water partition coefficient (Wildman–Crippen LogP) is 2.63. The highest BCUT2D eigenvalue weighted by Gasteiger charge is 2.08. The second-order valence-electron chi connectivity index (χ2n) is 3.23. The first-order chi connectivity index (χ1) is 7.27. The van der Waals surface area contributed by atoms with Crippen LogP contribution in [0.1, 0.15) is 18.7 Å². The molecule has 0 radical (unpaired) electrons. The third kappa shape index (κ3) is 2.27. The monoisotopic (exact) mass is 222 g/mol. The van der Waals surface area contributed by atoms with Crippen LogP contribution in [0.2, 0.25) is 5.02 Å². The van der Waals surface area contributed by atoms with E-state index < -0.39 is 0 Å². The zero-order valence-electron chi connectivity index (χ0n) is 8.24. The second-order valence-corrected chi connectivity index (χ2v) is 3.64. The number of aromatic amines is 1. The van der Waals surface area contributed by atoms with Crippen LogP contribution in [0.3, 0.4) is 0 Å². The molecule has 78 valence electrons. The molecular weight excluding hydrogens is 212 g/mol. The minimum Gasteiger partial charge on any atom is -0.375 e. The Morgan fingerprint density at radius 1 is 1.40 bits per heavy atom. The van der Waals surface area contributed by atoms with Crippen molar-refractivity contribution in [2.75, 3.05) is 5.32 Å². The molecule has 0 bridgehead atoms. The predicted molar refractivity (Wildman–Crippen MR) is 59.9 cm³/mol. The van der Waals surface area contributed by atoms with Crippen molar-refractivity contribution in [3.8, 4) is 0 Å². The molecule has 2 aromatic heterocycles. The number of aromatic nitrogens is 3. The van der Waals surface area contributed by atoms with E-state index in [1.54, 1.807) is 24.7 Å². The second kappa shape index (κ2) is 4.31. The van der Waals surface area contributed by atoms with Crippen molar-refractivity contribution in [2.24, 2.45) is 0 Å². The molecule has 0 amide bonds. The lowest BCUT2D eigenvalue weighted by Crippen LogP contribution is -2.07. The summed E-state index contributed by atoms with van der Waals surface area (Å²) in [5.41, 5.74) is 1.83. The van der Waals surface area contributed by atoms with Crippen LogP contribution in [0.15, 0.2) is 30.7 Å². The lowest BCUT2D eigenvalue weighted by molar-refractivity contribution is 0.824. The summed E-state index contributed by atoms with van der Waals surface area (Å²) in [6.45, 7) is 2.02. The van der Waals surface area contributed by atoms with E-state index in [2.05, 4.69) is 20.5 Å². The molecule has 0 aliphatic rings. The van der Waals surface area contributed by atoms with Crippen molar-refractivity contribution >= 4 is 17.3 Å². The Bertz CT molecular complexity index is 427. The Hall–Kier alpha value is -1.55. The number of anilines is 1. The van der Waals surface area contributed by atoms with Crippen LogP contribution in [0.5, 0.6) is 0 Å². The van der Waals surface area contributed by atoms with E-state index in [4.69, 9.17) is 11.6 Å². The Morgan fingerprint density at radius 3 is 2.93 bits per heavy atom. The van der Waals surface area contributed by atoms with Crippen LogP contribution in [0, 0.1) is 0 Å². The summed E-state index contributed by atoms with van der Waals surface area (Å²) in [4.78, 5) is 4.01. The number of rotatable bonds is 3. The van der Waals surface area contributed by atoms with Crippen molar-refractivity contribution in [2.45, 2.75) is 13.0 Å². The van der Waals surface area contributed by atoms with Crippen molar-refractivity contribution in [1.82, 2.24) is 15.2 Å². The molecule has 0 aromatic carbocycles. The van der Waals surface area contributed by atoms with Gasteiger partial charge >= 0.3 is 0 Å². The quantitative estimate of drug-likeness (QED) is 0.840. The van der Waals surface area contributed by atoms with E-state index in [9.17, 15) is 0 Å². The topological polar surface area (TPSA) is 53.6 Å². The van der Waals surface area contributed by atoms with Gasteiger partial charge in [-0.1, -0.05) is 11.6 Å². The van der Waals surface area contributed by atoms with Crippen molar-refractivity contribution in [3.05, 3.63) is 41.4 Å². The van der Waals surface area contributed by atoms with Gasteiger partial charge in [0.05, 0.1) is 28.6 Å². The summed E-state index contributed by atoms with van der Waals surface area (Å²) in [6.07, 6.45) is 5.09. The normalized spacial score (nSPS) is 12.4. The maximum atomic E-state index is 6.00. The third-order valence-electron chi connectivity index (χ3n) is 2.13. The number of hydrogen-bond donors (Lipinski definition) is 2. The number of nitrogens with zero attached hydrogens (tertiary/aromatic N) is 2. The summed E-state index contributed by atoms with van der Waals surface area (Å²) >= 11 is 6.00. The molecule has 2 heterocycles. The van der Waals surface area contributed by atoms with Gasteiger partial charge in [-0.2, -0.15) is 5.10 Å². The number of H-pyrrole nitrogens is 1. The summed E-state index contributed by atoms with van der Waals surface area (Å²) in [7, 11) is 0. The van der Waals surface area contributed by atoms with Crippen molar-refractivity contribution < 1.29 is 0 Å².